The van der Waals surface area contributed by atoms with Crippen molar-refractivity contribution in [1.29, 1.82) is 0 Å². The zero-order chi connectivity index (χ0) is 14.9. The number of carbonyl (C=O) groups is 1. The van der Waals surface area contributed by atoms with E-state index < -0.39 is 10.7 Å². The van der Waals surface area contributed by atoms with Crippen LogP contribution in [0.3, 0.4) is 0 Å². The highest BCUT2D eigenvalue weighted by molar-refractivity contribution is 5.95. The smallest absolute Gasteiger partial charge is 0.292 e. The van der Waals surface area contributed by atoms with Crippen molar-refractivity contribution in [2.24, 2.45) is 0 Å². The summed E-state index contributed by atoms with van der Waals surface area (Å²) < 4.78 is 14.3. The molecule has 20 heavy (non-hydrogen) atoms. The van der Waals surface area contributed by atoms with Gasteiger partial charge in [-0.1, -0.05) is 12.1 Å². The van der Waals surface area contributed by atoms with Crippen LogP contribution in [-0.4, -0.2) is 20.5 Å². The number of aromatic nitrogens is 2. The lowest BCUT2D eigenvalue weighted by molar-refractivity contribution is -0.386. The fourth-order valence-electron chi connectivity index (χ4n) is 1.99. The highest BCUT2D eigenvalue weighted by Gasteiger charge is 2.23. The molecule has 1 heterocycles. The standard InChI is InChI=1S/C13H12FN3O3/c1-8-13(17(19)20)9(2)16(15-8)7-12(18)10-4-3-5-11(14)6-10/h3-6H,7H2,1-2H3. The van der Waals surface area contributed by atoms with E-state index in [1.807, 2.05) is 0 Å². The van der Waals surface area contributed by atoms with Gasteiger partial charge in [0.1, 0.15) is 23.7 Å². The first-order valence-electron chi connectivity index (χ1n) is 5.87. The molecule has 2 aromatic rings. The first-order chi connectivity index (χ1) is 9.40. The van der Waals surface area contributed by atoms with Gasteiger partial charge in [0.05, 0.1) is 4.92 Å². The number of nitrogens with zero attached hydrogens (tertiary/aromatic N) is 3. The maximum Gasteiger partial charge on any atom is 0.312 e. The van der Waals surface area contributed by atoms with Gasteiger partial charge in [-0.15, -0.1) is 0 Å². The first-order valence-corrected chi connectivity index (χ1v) is 5.87. The van der Waals surface area contributed by atoms with Crippen LogP contribution in [-0.2, 0) is 6.54 Å². The number of halogens is 1. The number of nitro groups is 1. The minimum absolute atomic E-state index is 0.1000. The third-order valence-electron chi connectivity index (χ3n) is 2.97. The summed E-state index contributed by atoms with van der Waals surface area (Å²) in [6, 6.07) is 5.30. The topological polar surface area (TPSA) is 78.0 Å². The van der Waals surface area contributed by atoms with E-state index in [1.165, 1.54) is 36.7 Å². The number of rotatable bonds is 4. The average Bonchev–Trinajstić information content (AvgIpc) is 2.64. The molecule has 0 amide bonds. The Balaban J connectivity index is 2.29. The van der Waals surface area contributed by atoms with Gasteiger partial charge in [0, 0.05) is 5.56 Å². The molecule has 0 spiro atoms. The van der Waals surface area contributed by atoms with Gasteiger partial charge >= 0.3 is 5.69 Å². The van der Waals surface area contributed by atoms with Gasteiger partial charge in [-0.2, -0.15) is 5.10 Å². The van der Waals surface area contributed by atoms with Crippen LogP contribution < -0.4 is 0 Å². The lowest BCUT2D eigenvalue weighted by atomic mass is 10.1. The molecule has 0 aliphatic rings. The van der Waals surface area contributed by atoms with Crippen LogP contribution in [0, 0.1) is 29.8 Å². The van der Waals surface area contributed by atoms with E-state index >= 15 is 0 Å². The van der Waals surface area contributed by atoms with Crippen molar-refractivity contribution in [3.63, 3.8) is 0 Å². The number of hydrogen-bond donors (Lipinski definition) is 0. The van der Waals surface area contributed by atoms with Crippen molar-refractivity contribution in [2.45, 2.75) is 20.4 Å². The molecule has 0 aliphatic carbocycles. The van der Waals surface area contributed by atoms with Crippen LogP contribution in [0.1, 0.15) is 21.7 Å². The molecule has 0 radical (unpaired) electrons. The summed E-state index contributed by atoms with van der Waals surface area (Å²) in [7, 11) is 0. The SMILES string of the molecule is Cc1nn(CC(=O)c2cccc(F)c2)c(C)c1[N+](=O)[O-]. The summed E-state index contributed by atoms with van der Waals surface area (Å²) in [4.78, 5) is 22.4. The van der Waals surface area contributed by atoms with Crippen molar-refractivity contribution in [3.05, 3.63) is 57.1 Å². The highest BCUT2D eigenvalue weighted by Crippen LogP contribution is 2.22. The Labute approximate surface area is 114 Å². The first kappa shape index (κ1) is 13.9. The largest absolute Gasteiger partial charge is 0.312 e. The number of ketones is 1. The lowest BCUT2D eigenvalue weighted by Gasteiger charge is -2.03. The van der Waals surface area contributed by atoms with Gasteiger partial charge < -0.3 is 0 Å². The van der Waals surface area contributed by atoms with Gasteiger partial charge in [0.25, 0.3) is 0 Å². The molecule has 0 saturated heterocycles. The summed E-state index contributed by atoms with van der Waals surface area (Å²) >= 11 is 0. The molecule has 1 aromatic carbocycles. The summed E-state index contributed by atoms with van der Waals surface area (Å²) in [5.41, 5.74) is 0.661. The predicted octanol–water partition coefficient (Wildman–Crippen LogP) is 2.43. The van der Waals surface area contributed by atoms with E-state index in [1.54, 1.807) is 0 Å². The van der Waals surface area contributed by atoms with Crippen LogP contribution in [0.5, 0.6) is 0 Å². The Morgan fingerprint density at radius 1 is 1.45 bits per heavy atom. The molecule has 0 atom stereocenters. The number of benzene rings is 1. The fourth-order valence-corrected chi connectivity index (χ4v) is 1.99. The molecule has 6 nitrogen and oxygen atoms in total. The quantitative estimate of drug-likeness (QED) is 0.488. The molecule has 2 rings (SSSR count). The molecule has 0 aliphatic heterocycles. The van der Waals surface area contributed by atoms with Crippen molar-refractivity contribution in [3.8, 4) is 0 Å². The Morgan fingerprint density at radius 2 is 2.15 bits per heavy atom. The van der Waals surface area contributed by atoms with Crippen LogP contribution in [0.2, 0.25) is 0 Å². The fraction of sp³-hybridized carbons (Fsp3) is 0.231. The van der Waals surface area contributed by atoms with Gasteiger partial charge in [0.2, 0.25) is 0 Å². The Bertz CT molecular complexity index is 694. The molecule has 7 heteroatoms. The zero-order valence-corrected chi connectivity index (χ0v) is 11.0. The summed E-state index contributed by atoms with van der Waals surface area (Å²) in [5, 5.41) is 14.9. The van der Waals surface area contributed by atoms with E-state index in [-0.39, 0.29) is 29.3 Å². The van der Waals surface area contributed by atoms with E-state index in [4.69, 9.17) is 0 Å². The highest BCUT2D eigenvalue weighted by atomic mass is 19.1. The Morgan fingerprint density at radius 3 is 2.70 bits per heavy atom. The van der Waals surface area contributed by atoms with Crippen molar-refractivity contribution >= 4 is 11.5 Å². The van der Waals surface area contributed by atoms with Crippen molar-refractivity contribution in [2.75, 3.05) is 0 Å². The molecule has 0 bridgehead atoms. The number of aryl methyl sites for hydroxylation is 1. The van der Waals surface area contributed by atoms with Crippen LogP contribution >= 0.6 is 0 Å². The van der Waals surface area contributed by atoms with E-state index in [2.05, 4.69) is 5.10 Å². The van der Waals surface area contributed by atoms with E-state index in [0.29, 0.717) is 5.69 Å². The summed E-state index contributed by atoms with van der Waals surface area (Å²) in [6.07, 6.45) is 0. The average molecular weight is 277 g/mol. The monoisotopic (exact) mass is 277 g/mol. The molecule has 104 valence electrons. The van der Waals surface area contributed by atoms with Gasteiger partial charge in [-0.25, -0.2) is 4.39 Å². The molecule has 0 N–H and O–H groups in total. The molecule has 1 aromatic heterocycles. The normalized spacial score (nSPS) is 10.6. The maximum absolute atomic E-state index is 13.1. The number of carbonyl (C=O) groups excluding carboxylic acids is 1. The lowest BCUT2D eigenvalue weighted by Crippen LogP contribution is -2.13. The molecule has 0 fully saturated rings. The maximum atomic E-state index is 13.1. The van der Waals surface area contributed by atoms with Crippen molar-refractivity contribution in [1.82, 2.24) is 9.78 Å². The minimum atomic E-state index is -0.527. The van der Waals surface area contributed by atoms with E-state index in [9.17, 15) is 19.3 Å². The van der Waals surface area contributed by atoms with Gasteiger partial charge in [-0.05, 0) is 26.0 Å². The minimum Gasteiger partial charge on any atom is -0.292 e. The summed E-state index contributed by atoms with van der Waals surface area (Å²) in [6.45, 7) is 2.87. The molecule has 0 saturated carbocycles. The zero-order valence-electron chi connectivity index (χ0n) is 11.0. The van der Waals surface area contributed by atoms with E-state index in [0.717, 1.165) is 6.07 Å². The molecule has 0 unspecified atom stereocenters. The van der Waals surface area contributed by atoms with Gasteiger partial charge in [-0.3, -0.25) is 19.6 Å². The Hall–Kier alpha value is -2.57. The second-order valence-electron chi connectivity index (χ2n) is 4.37. The second kappa shape index (κ2) is 5.20. The van der Waals surface area contributed by atoms with Crippen LogP contribution in [0.15, 0.2) is 24.3 Å². The number of Topliss-reactive ketones (excluding diaryl/α,β-unsaturated/α-hetero) is 1. The Kier molecular flexibility index (Phi) is 3.60. The van der Waals surface area contributed by atoms with Crippen LogP contribution in [0.25, 0.3) is 0 Å². The van der Waals surface area contributed by atoms with Crippen LogP contribution in [0.4, 0.5) is 10.1 Å². The van der Waals surface area contributed by atoms with Gasteiger partial charge in [0.15, 0.2) is 5.78 Å². The summed E-state index contributed by atoms with van der Waals surface area (Å²) in [5.74, 6) is -0.861. The van der Waals surface area contributed by atoms with Crippen molar-refractivity contribution < 1.29 is 14.1 Å². The third-order valence-corrected chi connectivity index (χ3v) is 2.97. The number of hydrogen-bond acceptors (Lipinski definition) is 4. The molecular formula is C13H12FN3O3. The second-order valence-corrected chi connectivity index (χ2v) is 4.37. The predicted molar refractivity (Wildman–Crippen MR) is 69.1 cm³/mol. The third kappa shape index (κ3) is 2.56. The molecular weight excluding hydrogens is 265 g/mol.